The zero-order valence-electron chi connectivity index (χ0n) is 12.1. The van der Waals surface area contributed by atoms with Crippen molar-refractivity contribution in [3.63, 3.8) is 0 Å². The quantitative estimate of drug-likeness (QED) is 0.348. The molecule has 110 valence electrons. The van der Waals surface area contributed by atoms with E-state index in [2.05, 4.69) is 15.9 Å². The Bertz CT molecular complexity index is 713. The number of terminal acetylenes is 1. The Kier molecular flexibility index (Phi) is 5.31. The molecule has 5 heteroatoms. The van der Waals surface area contributed by atoms with Crippen molar-refractivity contribution in [2.75, 3.05) is 13.7 Å². The van der Waals surface area contributed by atoms with Gasteiger partial charge in [-0.2, -0.15) is 0 Å². The van der Waals surface area contributed by atoms with Gasteiger partial charge in [0.05, 0.1) is 13.2 Å². The van der Waals surface area contributed by atoms with Crippen molar-refractivity contribution in [1.29, 1.82) is 0 Å². The van der Waals surface area contributed by atoms with Gasteiger partial charge in [0.2, 0.25) is 0 Å². The number of methoxy groups -OCH3 is 1. The monoisotopic (exact) mass is 293 g/mol. The van der Waals surface area contributed by atoms with Gasteiger partial charge in [0.15, 0.2) is 0 Å². The number of azide groups is 1. The standard InChI is InChI=1S/C17H15N3O2/c1-3-12-22-16-7-5-4-6-15(16)17(19-20-18)13-8-10-14(21-2)11-9-13/h1,4-11,17H,12H2,2H3. The number of para-hydroxylation sites is 1. The summed E-state index contributed by atoms with van der Waals surface area (Å²) in [5, 5.41) is 3.90. The van der Waals surface area contributed by atoms with Crippen LogP contribution in [0.25, 0.3) is 10.4 Å². The molecule has 0 saturated heterocycles. The molecule has 0 radical (unpaired) electrons. The average molecular weight is 293 g/mol. The van der Waals surface area contributed by atoms with E-state index in [1.807, 2.05) is 42.5 Å². The lowest BCUT2D eigenvalue weighted by Gasteiger charge is -2.16. The topological polar surface area (TPSA) is 67.2 Å². The highest BCUT2D eigenvalue weighted by Crippen LogP contribution is 2.33. The molecule has 0 heterocycles. The molecule has 0 saturated carbocycles. The van der Waals surface area contributed by atoms with Crippen molar-refractivity contribution < 1.29 is 9.47 Å². The van der Waals surface area contributed by atoms with Gasteiger partial charge in [-0.15, -0.1) is 6.42 Å². The number of ether oxygens (including phenoxy) is 2. The number of hydrogen-bond acceptors (Lipinski definition) is 3. The Morgan fingerprint density at radius 3 is 2.59 bits per heavy atom. The third kappa shape index (κ3) is 3.51. The van der Waals surface area contributed by atoms with Gasteiger partial charge < -0.3 is 9.47 Å². The highest BCUT2D eigenvalue weighted by molar-refractivity contribution is 5.43. The second-order valence-electron chi connectivity index (χ2n) is 4.41. The lowest BCUT2D eigenvalue weighted by molar-refractivity contribution is 0.364. The highest BCUT2D eigenvalue weighted by Gasteiger charge is 2.17. The number of nitrogens with zero attached hydrogens (tertiary/aromatic N) is 3. The zero-order chi connectivity index (χ0) is 15.8. The van der Waals surface area contributed by atoms with E-state index in [1.54, 1.807) is 13.2 Å². The maximum Gasteiger partial charge on any atom is 0.148 e. The first-order valence-electron chi connectivity index (χ1n) is 6.63. The largest absolute Gasteiger partial charge is 0.497 e. The molecule has 1 unspecified atom stereocenters. The predicted octanol–water partition coefficient (Wildman–Crippen LogP) is 4.11. The second kappa shape index (κ2) is 7.63. The van der Waals surface area contributed by atoms with Crippen molar-refractivity contribution in [1.82, 2.24) is 0 Å². The van der Waals surface area contributed by atoms with E-state index >= 15 is 0 Å². The van der Waals surface area contributed by atoms with Crippen LogP contribution < -0.4 is 9.47 Å². The van der Waals surface area contributed by atoms with E-state index < -0.39 is 6.04 Å². The molecular weight excluding hydrogens is 278 g/mol. The molecule has 2 rings (SSSR count). The van der Waals surface area contributed by atoms with Crippen LogP contribution in [0.5, 0.6) is 11.5 Å². The van der Waals surface area contributed by atoms with Crippen LogP contribution in [0.2, 0.25) is 0 Å². The van der Waals surface area contributed by atoms with Gasteiger partial charge in [0.1, 0.15) is 18.1 Å². The molecule has 0 N–H and O–H groups in total. The number of hydrogen-bond donors (Lipinski definition) is 0. The fourth-order valence-corrected chi connectivity index (χ4v) is 2.10. The lowest BCUT2D eigenvalue weighted by Crippen LogP contribution is -2.03. The molecule has 0 aromatic heterocycles. The van der Waals surface area contributed by atoms with Gasteiger partial charge in [-0.1, -0.05) is 41.4 Å². The SMILES string of the molecule is C#CCOc1ccccc1C(N=[N+]=[N-])c1ccc(OC)cc1. The molecule has 0 aliphatic heterocycles. The van der Waals surface area contributed by atoms with E-state index in [0.717, 1.165) is 16.9 Å². The summed E-state index contributed by atoms with van der Waals surface area (Å²) in [5.74, 6) is 3.77. The van der Waals surface area contributed by atoms with Crippen molar-refractivity contribution in [3.05, 3.63) is 70.1 Å². The third-order valence-corrected chi connectivity index (χ3v) is 3.12. The molecule has 0 fully saturated rings. The van der Waals surface area contributed by atoms with Crippen molar-refractivity contribution >= 4 is 0 Å². The fourth-order valence-electron chi connectivity index (χ4n) is 2.10. The summed E-state index contributed by atoms with van der Waals surface area (Å²) in [7, 11) is 1.60. The molecule has 0 aliphatic rings. The summed E-state index contributed by atoms with van der Waals surface area (Å²) in [6.45, 7) is 0.155. The first-order chi connectivity index (χ1) is 10.8. The first-order valence-corrected chi connectivity index (χ1v) is 6.63. The zero-order valence-corrected chi connectivity index (χ0v) is 12.1. The molecule has 0 bridgehead atoms. The van der Waals surface area contributed by atoms with E-state index in [9.17, 15) is 0 Å². The van der Waals surface area contributed by atoms with Crippen LogP contribution in [0.1, 0.15) is 17.2 Å². The maximum atomic E-state index is 8.89. The summed E-state index contributed by atoms with van der Waals surface area (Å²) in [4.78, 5) is 2.95. The van der Waals surface area contributed by atoms with E-state index in [4.69, 9.17) is 21.4 Å². The second-order valence-corrected chi connectivity index (χ2v) is 4.41. The molecule has 0 amide bonds. The molecule has 0 spiro atoms. The van der Waals surface area contributed by atoms with E-state index in [-0.39, 0.29) is 6.61 Å². The van der Waals surface area contributed by atoms with Gasteiger partial charge in [-0.3, -0.25) is 0 Å². The molecule has 5 nitrogen and oxygen atoms in total. The third-order valence-electron chi connectivity index (χ3n) is 3.12. The molecule has 0 aliphatic carbocycles. The van der Waals surface area contributed by atoms with Crippen molar-refractivity contribution in [2.24, 2.45) is 5.11 Å². The smallest absolute Gasteiger partial charge is 0.148 e. The van der Waals surface area contributed by atoms with E-state index in [1.165, 1.54) is 0 Å². The Morgan fingerprint density at radius 1 is 1.23 bits per heavy atom. The van der Waals surface area contributed by atoms with Crippen LogP contribution in [0, 0.1) is 12.3 Å². The Balaban J connectivity index is 2.43. The number of benzene rings is 2. The first kappa shape index (κ1) is 15.3. The van der Waals surface area contributed by atoms with Crippen molar-refractivity contribution in [3.8, 4) is 23.8 Å². The summed E-state index contributed by atoms with van der Waals surface area (Å²) >= 11 is 0. The van der Waals surface area contributed by atoms with Gasteiger partial charge in [-0.05, 0) is 29.3 Å². The van der Waals surface area contributed by atoms with Crippen LogP contribution in [-0.2, 0) is 0 Å². The van der Waals surface area contributed by atoms with Gasteiger partial charge in [0.25, 0.3) is 0 Å². The predicted molar refractivity (Wildman–Crippen MR) is 84.8 cm³/mol. The Labute approximate surface area is 129 Å². The normalized spacial score (nSPS) is 10.9. The maximum absolute atomic E-state index is 8.89. The van der Waals surface area contributed by atoms with Crippen LogP contribution in [0.15, 0.2) is 53.6 Å². The summed E-state index contributed by atoms with van der Waals surface area (Å²) in [6, 6.07) is 14.2. The lowest BCUT2D eigenvalue weighted by atomic mass is 9.98. The summed E-state index contributed by atoms with van der Waals surface area (Å²) in [6.07, 6.45) is 5.23. The average Bonchev–Trinajstić information content (AvgIpc) is 2.58. The molecule has 2 aromatic rings. The minimum absolute atomic E-state index is 0.155. The van der Waals surface area contributed by atoms with Gasteiger partial charge in [-0.25, -0.2) is 0 Å². The number of rotatable bonds is 6. The van der Waals surface area contributed by atoms with Crippen LogP contribution >= 0.6 is 0 Å². The molecule has 2 aromatic carbocycles. The van der Waals surface area contributed by atoms with Crippen LogP contribution in [0.3, 0.4) is 0 Å². The minimum Gasteiger partial charge on any atom is -0.497 e. The van der Waals surface area contributed by atoms with Crippen molar-refractivity contribution in [2.45, 2.75) is 6.04 Å². The summed E-state index contributed by atoms with van der Waals surface area (Å²) in [5.41, 5.74) is 10.5. The van der Waals surface area contributed by atoms with E-state index in [0.29, 0.717) is 5.75 Å². The Hall–Kier alpha value is -3.09. The van der Waals surface area contributed by atoms with Crippen LogP contribution in [0.4, 0.5) is 0 Å². The molecule has 22 heavy (non-hydrogen) atoms. The molecule has 1 atom stereocenters. The summed E-state index contributed by atoms with van der Waals surface area (Å²) < 4.78 is 10.7. The molecular formula is C17H15N3O2. The van der Waals surface area contributed by atoms with Crippen LogP contribution in [-0.4, -0.2) is 13.7 Å². The van der Waals surface area contributed by atoms with Gasteiger partial charge >= 0.3 is 0 Å². The Morgan fingerprint density at radius 2 is 1.95 bits per heavy atom. The highest BCUT2D eigenvalue weighted by atomic mass is 16.5. The minimum atomic E-state index is -0.495. The van der Waals surface area contributed by atoms with Gasteiger partial charge in [0, 0.05) is 10.5 Å². The fraction of sp³-hybridized carbons (Fsp3) is 0.176.